The van der Waals surface area contributed by atoms with Crippen molar-refractivity contribution in [2.75, 3.05) is 24.5 Å². The summed E-state index contributed by atoms with van der Waals surface area (Å²) in [5.41, 5.74) is 2.04. The number of likely N-dealkylation sites (tertiary alicyclic amines) is 1. The quantitative estimate of drug-likeness (QED) is 0.846. The molecule has 1 aromatic carbocycles. The van der Waals surface area contributed by atoms with Crippen molar-refractivity contribution in [3.8, 4) is 0 Å². The lowest BCUT2D eigenvalue weighted by Gasteiger charge is -2.45. The number of aromatic nitrogens is 2. The zero-order chi connectivity index (χ0) is 17.3. The van der Waals surface area contributed by atoms with Gasteiger partial charge in [-0.15, -0.1) is 0 Å². The topological polar surface area (TPSA) is 49.3 Å². The van der Waals surface area contributed by atoms with Crippen LogP contribution in [-0.4, -0.2) is 45.9 Å². The largest absolute Gasteiger partial charge is 0.338 e. The Kier molecular flexibility index (Phi) is 4.15. The lowest BCUT2D eigenvalue weighted by atomic mass is 9.85. The Bertz CT molecular complexity index is 753. The number of hydrogen-bond acceptors (Lipinski definition) is 4. The molecule has 0 N–H and O–H groups in total. The average Bonchev–Trinajstić information content (AvgIpc) is 3.05. The van der Waals surface area contributed by atoms with Gasteiger partial charge in [-0.05, 0) is 50.8 Å². The maximum Gasteiger partial charge on any atom is 0.253 e. The van der Waals surface area contributed by atoms with Gasteiger partial charge >= 0.3 is 0 Å². The molecule has 0 radical (unpaired) electrons. The third kappa shape index (κ3) is 2.99. The van der Waals surface area contributed by atoms with Gasteiger partial charge in [-0.1, -0.05) is 17.7 Å². The molecule has 2 saturated heterocycles. The van der Waals surface area contributed by atoms with Gasteiger partial charge in [0.25, 0.3) is 5.91 Å². The molecule has 130 valence electrons. The Hall–Kier alpha value is -2.43. The van der Waals surface area contributed by atoms with E-state index >= 15 is 0 Å². The third-order valence-electron chi connectivity index (χ3n) is 5.64. The SMILES string of the molecule is Cc1cccc(C(=O)N2CCC3(CCCN3c3ncccn3)CC2)c1. The van der Waals surface area contributed by atoms with Gasteiger partial charge in [-0.2, -0.15) is 0 Å². The molecule has 1 amide bonds. The van der Waals surface area contributed by atoms with Crippen LogP contribution in [-0.2, 0) is 0 Å². The van der Waals surface area contributed by atoms with E-state index in [1.165, 1.54) is 6.42 Å². The normalized spacial score (nSPS) is 19.4. The second kappa shape index (κ2) is 6.47. The highest BCUT2D eigenvalue weighted by atomic mass is 16.2. The zero-order valence-electron chi connectivity index (χ0n) is 14.7. The van der Waals surface area contributed by atoms with E-state index in [0.29, 0.717) is 0 Å². The van der Waals surface area contributed by atoms with Crippen LogP contribution < -0.4 is 4.90 Å². The van der Waals surface area contributed by atoms with Gasteiger partial charge in [0.15, 0.2) is 0 Å². The summed E-state index contributed by atoms with van der Waals surface area (Å²) < 4.78 is 0. The van der Waals surface area contributed by atoms with Crippen molar-refractivity contribution in [3.05, 3.63) is 53.9 Å². The van der Waals surface area contributed by atoms with Crippen molar-refractivity contribution in [2.45, 2.75) is 38.1 Å². The Morgan fingerprint density at radius 3 is 2.52 bits per heavy atom. The van der Waals surface area contributed by atoms with Crippen molar-refractivity contribution in [1.29, 1.82) is 0 Å². The van der Waals surface area contributed by atoms with Gasteiger partial charge in [-0.25, -0.2) is 9.97 Å². The molecule has 2 aliphatic heterocycles. The van der Waals surface area contributed by atoms with Crippen molar-refractivity contribution in [1.82, 2.24) is 14.9 Å². The first-order chi connectivity index (χ1) is 12.2. The van der Waals surface area contributed by atoms with Crippen molar-refractivity contribution in [2.24, 2.45) is 0 Å². The number of piperidine rings is 1. The van der Waals surface area contributed by atoms with E-state index in [1.807, 2.05) is 54.5 Å². The van der Waals surface area contributed by atoms with Gasteiger partial charge in [0.05, 0.1) is 0 Å². The van der Waals surface area contributed by atoms with Gasteiger partial charge < -0.3 is 9.80 Å². The van der Waals surface area contributed by atoms with Crippen LogP contribution in [0.4, 0.5) is 5.95 Å². The number of carbonyl (C=O) groups is 1. The predicted octanol–water partition coefficient (Wildman–Crippen LogP) is 3.06. The summed E-state index contributed by atoms with van der Waals surface area (Å²) in [5, 5.41) is 0. The van der Waals surface area contributed by atoms with Crippen molar-refractivity contribution in [3.63, 3.8) is 0 Å². The predicted molar refractivity (Wildman–Crippen MR) is 97.7 cm³/mol. The van der Waals surface area contributed by atoms with E-state index in [9.17, 15) is 4.79 Å². The lowest BCUT2D eigenvalue weighted by molar-refractivity contribution is 0.0672. The van der Waals surface area contributed by atoms with E-state index < -0.39 is 0 Å². The summed E-state index contributed by atoms with van der Waals surface area (Å²) >= 11 is 0. The molecular weight excluding hydrogens is 312 g/mol. The summed E-state index contributed by atoms with van der Waals surface area (Å²) in [5.74, 6) is 0.984. The van der Waals surface area contributed by atoms with E-state index in [-0.39, 0.29) is 11.4 Å². The first-order valence-corrected chi connectivity index (χ1v) is 9.09. The Morgan fingerprint density at radius 2 is 1.80 bits per heavy atom. The van der Waals surface area contributed by atoms with Crippen molar-refractivity contribution >= 4 is 11.9 Å². The van der Waals surface area contributed by atoms with Crippen LogP contribution in [0, 0.1) is 6.92 Å². The molecule has 4 rings (SSSR count). The highest BCUT2D eigenvalue weighted by molar-refractivity contribution is 5.94. The highest BCUT2D eigenvalue weighted by Crippen LogP contribution is 2.40. The van der Waals surface area contributed by atoms with E-state index in [2.05, 4.69) is 14.9 Å². The highest BCUT2D eigenvalue weighted by Gasteiger charge is 2.44. The summed E-state index contributed by atoms with van der Waals surface area (Å²) in [6, 6.07) is 9.73. The van der Waals surface area contributed by atoms with E-state index in [1.54, 1.807) is 0 Å². The second-order valence-corrected chi connectivity index (χ2v) is 7.19. The maximum absolute atomic E-state index is 12.8. The van der Waals surface area contributed by atoms with Crippen LogP contribution >= 0.6 is 0 Å². The maximum atomic E-state index is 12.8. The van der Waals surface area contributed by atoms with Gasteiger partial charge in [0, 0.05) is 43.1 Å². The summed E-state index contributed by atoms with van der Waals surface area (Å²) in [6.45, 7) is 4.64. The lowest BCUT2D eigenvalue weighted by Crippen LogP contribution is -2.53. The number of hydrogen-bond donors (Lipinski definition) is 0. The van der Waals surface area contributed by atoms with Gasteiger partial charge in [-0.3, -0.25) is 4.79 Å². The summed E-state index contributed by atoms with van der Waals surface area (Å²) in [4.78, 5) is 26.1. The Labute approximate surface area is 148 Å². The molecule has 5 heteroatoms. The molecule has 0 saturated carbocycles. The van der Waals surface area contributed by atoms with Crippen LogP contribution in [0.2, 0.25) is 0 Å². The molecule has 1 spiro atoms. The van der Waals surface area contributed by atoms with Crippen LogP contribution in [0.15, 0.2) is 42.7 Å². The van der Waals surface area contributed by atoms with Gasteiger partial charge in [0.2, 0.25) is 5.95 Å². The summed E-state index contributed by atoms with van der Waals surface area (Å²) in [6.07, 6.45) is 7.93. The fourth-order valence-electron chi connectivity index (χ4n) is 4.29. The molecule has 25 heavy (non-hydrogen) atoms. The number of anilines is 1. The van der Waals surface area contributed by atoms with Crippen LogP contribution in [0.5, 0.6) is 0 Å². The average molecular weight is 336 g/mol. The van der Waals surface area contributed by atoms with Crippen LogP contribution in [0.25, 0.3) is 0 Å². The Morgan fingerprint density at radius 1 is 1.04 bits per heavy atom. The van der Waals surface area contributed by atoms with Crippen molar-refractivity contribution < 1.29 is 4.79 Å². The molecule has 3 heterocycles. The molecule has 5 nitrogen and oxygen atoms in total. The zero-order valence-corrected chi connectivity index (χ0v) is 14.7. The Balaban J connectivity index is 1.48. The molecule has 2 fully saturated rings. The summed E-state index contributed by atoms with van der Waals surface area (Å²) in [7, 11) is 0. The van der Waals surface area contributed by atoms with E-state index in [0.717, 1.165) is 56.0 Å². The van der Waals surface area contributed by atoms with Crippen LogP contribution in [0.3, 0.4) is 0 Å². The number of nitrogens with zero attached hydrogens (tertiary/aromatic N) is 4. The van der Waals surface area contributed by atoms with Crippen LogP contribution in [0.1, 0.15) is 41.6 Å². The number of benzene rings is 1. The molecular formula is C20H24N4O. The number of rotatable bonds is 2. The molecule has 1 aromatic heterocycles. The smallest absolute Gasteiger partial charge is 0.253 e. The molecule has 2 aromatic rings. The molecule has 0 bridgehead atoms. The molecule has 2 aliphatic rings. The molecule has 0 atom stereocenters. The molecule has 0 unspecified atom stereocenters. The fourth-order valence-corrected chi connectivity index (χ4v) is 4.29. The second-order valence-electron chi connectivity index (χ2n) is 7.19. The minimum Gasteiger partial charge on any atom is -0.338 e. The minimum atomic E-state index is 0.116. The molecule has 0 aliphatic carbocycles. The van der Waals surface area contributed by atoms with Gasteiger partial charge in [0.1, 0.15) is 0 Å². The fraction of sp³-hybridized carbons (Fsp3) is 0.450. The number of amides is 1. The minimum absolute atomic E-state index is 0.116. The number of carbonyl (C=O) groups excluding carboxylic acids is 1. The number of aryl methyl sites for hydroxylation is 1. The first-order valence-electron chi connectivity index (χ1n) is 9.09. The van der Waals surface area contributed by atoms with E-state index in [4.69, 9.17) is 0 Å². The first kappa shape index (κ1) is 16.1. The standard InChI is InChI=1S/C20H24N4O/c1-16-5-2-6-17(15-16)18(25)23-13-8-20(9-14-23)7-3-12-24(20)19-21-10-4-11-22-19/h2,4-6,10-11,15H,3,7-9,12-14H2,1H3. The third-order valence-corrected chi connectivity index (χ3v) is 5.64. The monoisotopic (exact) mass is 336 g/mol.